The predicted octanol–water partition coefficient (Wildman–Crippen LogP) is 2.98. The predicted molar refractivity (Wildman–Crippen MR) is 123 cm³/mol. The molecule has 156 valence electrons. The van der Waals surface area contributed by atoms with E-state index in [1.54, 1.807) is 0 Å². The summed E-state index contributed by atoms with van der Waals surface area (Å²) in [5, 5.41) is 4.16. The maximum Gasteiger partial charge on any atom is 0.193 e. The molecule has 5 nitrogen and oxygen atoms in total. The Morgan fingerprint density at radius 2 is 1.79 bits per heavy atom. The molecule has 0 aromatic heterocycles. The van der Waals surface area contributed by atoms with Crippen molar-refractivity contribution in [1.82, 2.24) is 15.1 Å². The van der Waals surface area contributed by atoms with Crippen LogP contribution in [0.2, 0.25) is 5.02 Å². The number of benzene rings is 2. The van der Waals surface area contributed by atoms with Crippen molar-refractivity contribution in [2.45, 2.75) is 12.3 Å². The highest BCUT2D eigenvalue weighted by Gasteiger charge is 2.19. The zero-order valence-corrected chi connectivity index (χ0v) is 18.5. The first kappa shape index (κ1) is 21.8. The zero-order chi connectivity index (χ0) is 20.5. The van der Waals surface area contributed by atoms with Crippen LogP contribution in [0.4, 0.5) is 0 Å². The molecule has 1 aliphatic rings. The Morgan fingerprint density at radius 3 is 2.48 bits per heavy atom. The van der Waals surface area contributed by atoms with Crippen molar-refractivity contribution in [3.05, 3.63) is 70.7 Å². The highest BCUT2D eigenvalue weighted by molar-refractivity contribution is 7.84. The summed E-state index contributed by atoms with van der Waals surface area (Å²) in [5.74, 6) is 2.11. The van der Waals surface area contributed by atoms with Crippen molar-refractivity contribution in [2.24, 2.45) is 4.99 Å². The quantitative estimate of drug-likeness (QED) is 0.539. The summed E-state index contributed by atoms with van der Waals surface area (Å²) in [7, 11) is 0.927. The van der Waals surface area contributed by atoms with Gasteiger partial charge in [-0.25, -0.2) is 0 Å². The van der Waals surface area contributed by atoms with Gasteiger partial charge in [0.05, 0.1) is 0 Å². The number of nitrogens with zero attached hydrogens (tertiary/aromatic N) is 3. The van der Waals surface area contributed by atoms with Crippen LogP contribution in [0, 0.1) is 0 Å². The highest BCUT2D eigenvalue weighted by atomic mass is 35.5. The Hall–Kier alpha value is -1.89. The van der Waals surface area contributed by atoms with E-state index in [1.165, 1.54) is 5.56 Å². The Kier molecular flexibility index (Phi) is 8.52. The first-order chi connectivity index (χ1) is 14.1. The lowest BCUT2D eigenvalue weighted by Crippen LogP contribution is -2.52. The molecule has 7 heteroatoms. The molecule has 3 rings (SSSR count). The molecule has 0 amide bonds. The fourth-order valence-corrected chi connectivity index (χ4v) is 4.70. The van der Waals surface area contributed by atoms with Crippen LogP contribution in [0.1, 0.15) is 11.1 Å². The summed E-state index contributed by atoms with van der Waals surface area (Å²) in [4.78, 5) is 9.12. The molecule has 1 fully saturated rings. The largest absolute Gasteiger partial charge is 0.355 e. The molecule has 0 saturated carbocycles. The van der Waals surface area contributed by atoms with Crippen molar-refractivity contribution < 1.29 is 4.21 Å². The third-order valence-electron chi connectivity index (χ3n) is 4.96. The normalized spacial score (nSPS) is 16.6. The Bertz CT molecular complexity index is 823. The third-order valence-corrected chi connectivity index (χ3v) is 6.51. The number of hydrogen-bond donors (Lipinski definition) is 1. The fourth-order valence-electron chi connectivity index (χ4n) is 3.45. The molecule has 1 aliphatic heterocycles. The summed E-state index contributed by atoms with van der Waals surface area (Å²) >= 11 is 6.09. The topological polar surface area (TPSA) is 47.9 Å². The fraction of sp³-hybridized carbons (Fsp3) is 0.409. The molecule has 2 aromatic carbocycles. The number of rotatable bonds is 7. The van der Waals surface area contributed by atoms with E-state index in [2.05, 4.69) is 26.2 Å². The SMILES string of the molecule is CN=C(NCCS(=O)Cc1ccccc1)N1CCN(Cc2cccc(Cl)c2)CC1. The van der Waals surface area contributed by atoms with Crippen LogP contribution in [0.15, 0.2) is 59.6 Å². The van der Waals surface area contributed by atoms with Crippen LogP contribution in [0.3, 0.4) is 0 Å². The maximum absolute atomic E-state index is 12.3. The van der Waals surface area contributed by atoms with Gasteiger partial charge in [-0.05, 0) is 23.3 Å². The lowest BCUT2D eigenvalue weighted by atomic mass is 10.2. The summed E-state index contributed by atoms with van der Waals surface area (Å²) < 4.78 is 12.3. The van der Waals surface area contributed by atoms with Crippen LogP contribution in [0.25, 0.3) is 0 Å². The van der Waals surface area contributed by atoms with Crippen molar-refractivity contribution >= 4 is 28.4 Å². The molecular formula is C22H29ClN4OS. The van der Waals surface area contributed by atoms with Crippen LogP contribution >= 0.6 is 11.6 Å². The maximum atomic E-state index is 12.3. The molecule has 0 radical (unpaired) electrons. The van der Waals surface area contributed by atoms with E-state index in [-0.39, 0.29) is 0 Å². The van der Waals surface area contributed by atoms with Crippen LogP contribution in [-0.4, -0.2) is 65.5 Å². The summed E-state index contributed by atoms with van der Waals surface area (Å²) in [6.45, 7) is 5.38. The number of piperazine rings is 1. The van der Waals surface area contributed by atoms with Crippen LogP contribution in [-0.2, 0) is 23.1 Å². The van der Waals surface area contributed by atoms with Gasteiger partial charge in [-0.2, -0.15) is 0 Å². The molecule has 1 unspecified atom stereocenters. The van der Waals surface area contributed by atoms with Gasteiger partial charge in [-0.1, -0.05) is 54.1 Å². The van der Waals surface area contributed by atoms with Gasteiger partial charge in [0.25, 0.3) is 0 Å². The lowest BCUT2D eigenvalue weighted by Gasteiger charge is -2.36. The molecule has 0 spiro atoms. The number of hydrogen-bond acceptors (Lipinski definition) is 3. The van der Waals surface area contributed by atoms with Gasteiger partial charge >= 0.3 is 0 Å². The molecule has 1 saturated heterocycles. The molecule has 2 aromatic rings. The minimum absolute atomic E-state index is 0.600. The van der Waals surface area contributed by atoms with Crippen molar-refractivity contribution in [3.63, 3.8) is 0 Å². The smallest absolute Gasteiger partial charge is 0.193 e. The lowest BCUT2D eigenvalue weighted by molar-refractivity contribution is 0.172. The molecule has 1 heterocycles. The molecule has 1 atom stereocenters. The Morgan fingerprint density at radius 1 is 1.07 bits per heavy atom. The van der Waals surface area contributed by atoms with Crippen LogP contribution < -0.4 is 5.32 Å². The number of guanidine groups is 1. The molecular weight excluding hydrogens is 404 g/mol. The highest BCUT2D eigenvalue weighted by Crippen LogP contribution is 2.14. The van der Waals surface area contributed by atoms with E-state index in [9.17, 15) is 4.21 Å². The minimum Gasteiger partial charge on any atom is -0.355 e. The standard InChI is InChI=1S/C22H29ClN4OS/c1-24-22(25-10-15-29(28)18-19-6-3-2-4-7-19)27-13-11-26(12-14-27)17-20-8-5-9-21(23)16-20/h2-9,16H,10-15,17-18H2,1H3,(H,24,25). The van der Waals surface area contributed by atoms with E-state index in [0.29, 0.717) is 18.1 Å². The van der Waals surface area contributed by atoms with Crippen molar-refractivity contribution in [2.75, 3.05) is 45.5 Å². The number of halogens is 1. The van der Waals surface area contributed by atoms with E-state index < -0.39 is 10.8 Å². The van der Waals surface area contributed by atoms with Gasteiger partial charge in [-0.15, -0.1) is 0 Å². The molecule has 0 bridgehead atoms. The number of aliphatic imine (C=N–C) groups is 1. The summed E-state index contributed by atoms with van der Waals surface area (Å²) in [6.07, 6.45) is 0. The molecule has 0 aliphatic carbocycles. The third kappa shape index (κ3) is 7.14. The van der Waals surface area contributed by atoms with Gasteiger partial charge in [-0.3, -0.25) is 14.1 Å². The van der Waals surface area contributed by atoms with E-state index in [0.717, 1.165) is 49.3 Å². The van der Waals surface area contributed by atoms with Gasteiger partial charge < -0.3 is 10.2 Å². The molecule has 29 heavy (non-hydrogen) atoms. The zero-order valence-electron chi connectivity index (χ0n) is 16.9. The summed E-state index contributed by atoms with van der Waals surface area (Å²) in [5.41, 5.74) is 2.36. The monoisotopic (exact) mass is 432 g/mol. The second kappa shape index (κ2) is 11.3. The molecule has 1 N–H and O–H groups in total. The van der Waals surface area contributed by atoms with Crippen molar-refractivity contribution in [1.29, 1.82) is 0 Å². The first-order valence-electron chi connectivity index (χ1n) is 9.95. The second-order valence-electron chi connectivity index (χ2n) is 7.14. The van der Waals surface area contributed by atoms with Gasteiger partial charge in [0.2, 0.25) is 0 Å². The average Bonchev–Trinajstić information content (AvgIpc) is 2.73. The summed E-state index contributed by atoms with van der Waals surface area (Å²) in [6, 6.07) is 18.1. The minimum atomic E-state index is -0.880. The average molecular weight is 433 g/mol. The van der Waals surface area contributed by atoms with Crippen LogP contribution in [0.5, 0.6) is 0 Å². The van der Waals surface area contributed by atoms with E-state index in [1.807, 2.05) is 55.6 Å². The first-order valence-corrected chi connectivity index (χ1v) is 11.8. The van der Waals surface area contributed by atoms with Crippen molar-refractivity contribution in [3.8, 4) is 0 Å². The Labute approximate surface area is 181 Å². The Balaban J connectivity index is 1.39. The van der Waals surface area contributed by atoms with Gasteiger partial charge in [0, 0.05) is 73.6 Å². The van der Waals surface area contributed by atoms with Gasteiger partial charge in [0.15, 0.2) is 5.96 Å². The second-order valence-corrected chi connectivity index (χ2v) is 9.15. The van der Waals surface area contributed by atoms with E-state index >= 15 is 0 Å². The van der Waals surface area contributed by atoms with Gasteiger partial charge in [0.1, 0.15) is 0 Å². The van der Waals surface area contributed by atoms with E-state index in [4.69, 9.17) is 11.6 Å². The number of nitrogens with one attached hydrogen (secondary N) is 1.